The van der Waals surface area contributed by atoms with Crippen molar-refractivity contribution >= 4 is 0 Å². The summed E-state index contributed by atoms with van der Waals surface area (Å²) in [6.07, 6.45) is 1.23. The number of nitrogens with two attached hydrogens (primary N) is 1. The van der Waals surface area contributed by atoms with Gasteiger partial charge in [0.1, 0.15) is 0 Å². The molecule has 0 radical (unpaired) electrons. The largest absolute Gasteiger partial charge is 0.330 e. The number of aryl methyl sites for hydroxylation is 2. The summed E-state index contributed by atoms with van der Waals surface area (Å²) < 4.78 is 0. The summed E-state index contributed by atoms with van der Waals surface area (Å²) in [6, 6.07) is 6.79. The van der Waals surface area contributed by atoms with Crippen molar-refractivity contribution in [2.75, 3.05) is 19.6 Å². The van der Waals surface area contributed by atoms with Gasteiger partial charge in [-0.3, -0.25) is 4.90 Å². The Morgan fingerprint density at radius 3 is 2.65 bits per heavy atom. The maximum absolute atomic E-state index is 5.84. The highest BCUT2D eigenvalue weighted by atomic mass is 15.2. The quantitative estimate of drug-likeness (QED) is 0.867. The number of hydrogen-bond acceptors (Lipinski definition) is 2. The molecule has 1 fully saturated rings. The van der Waals surface area contributed by atoms with Gasteiger partial charge in [0.05, 0.1) is 0 Å². The van der Waals surface area contributed by atoms with Crippen molar-refractivity contribution < 1.29 is 0 Å². The Labute approximate surface area is 105 Å². The van der Waals surface area contributed by atoms with E-state index in [0.29, 0.717) is 5.41 Å². The van der Waals surface area contributed by atoms with Crippen molar-refractivity contribution in [1.29, 1.82) is 0 Å². The number of nitrogens with zero attached hydrogens (tertiary/aromatic N) is 1. The van der Waals surface area contributed by atoms with Gasteiger partial charge >= 0.3 is 0 Å². The van der Waals surface area contributed by atoms with E-state index in [4.69, 9.17) is 5.73 Å². The normalized spacial score (nSPS) is 25.4. The predicted molar refractivity (Wildman–Crippen MR) is 73.0 cm³/mol. The van der Waals surface area contributed by atoms with Crippen molar-refractivity contribution in [3.63, 3.8) is 0 Å². The Balaban J connectivity index is 2.00. The van der Waals surface area contributed by atoms with Gasteiger partial charge in [-0.2, -0.15) is 0 Å². The van der Waals surface area contributed by atoms with Crippen molar-refractivity contribution in [2.24, 2.45) is 11.1 Å². The summed E-state index contributed by atoms with van der Waals surface area (Å²) in [7, 11) is 0. The van der Waals surface area contributed by atoms with Crippen molar-refractivity contribution in [1.82, 2.24) is 4.90 Å². The fourth-order valence-electron chi connectivity index (χ4n) is 2.59. The maximum atomic E-state index is 5.84. The number of hydrogen-bond donors (Lipinski definition) is 1. The minimum absolute atomic E-state index is 0.333. The maximum Gasteiger partial charge on any atom is 0.0234 e. The van der Waals surface area contributed by atoms with Gasteiger partial charge in [0.15, 0.2) is 0 Å². The molecule has 17 heavy (non-hydrogen) atoms. The number of likely N-dealkylation sites (tertiary alicyclic amines) is 1. The van der Waals surface area contributed by atoms with Crippen LogP contribution in [0.3, 0.4) is 0 Å². The van der Waals surface area contributed by atoms with E-state index in [9.17, 15) is 0 Å². The Morgan fingerprint density at radius 1 is 1.29 bits per heavy atom. The summed E-state index contributed by atoms with van der Waals surface area (Å²) >= 11 is 0. The Kier molecular flexibility index (Phi) is 3.55. The fourth-order valence-corrected chi connectivity index (χ4v) is 2.59. The van der Waals surface area contributed by atoms with Gasteiger partial charge in [-0.15, -0.1) is 0 Å². The van der Waals surface area contributed by atoms with Gasteiger partial charge < -0.3 is 5.73 Å². The number of benzene rings is 1. The lowest BCUT2D eigenvalue weighted by atomic mass is 9.90. The lowest BCUT2D eigenvalue weighted by Crippen LogP contribution is -2.31. The fraction of sp³-hybridized carbons (Fsp3) is 0.600. The second-order valence-corrected chi connectivity index (χ2v) is 5.89. The third kappa shape index (κ3) is 2.88. The van der Waals surface area contributed by atoms with Crippen LogP contribution in [-0.4, -0.2) is 24.5 Å². The van der Waals surface area contributed by atoms with Crippen molar-refractivity contribution in [3.8, 4) is 0 Å². The van der Waals surface area contributed by atoms with Crippen LogP contribution in [0.5, 0.6) is 0 Å². The van der Waals surface area contributed by atoms with E-state index < -0.39 is 0 Å². The lowest BCUT2D eigenvalue weighted by Gasteiger charge is -2.22. The van der Waals surface area contributed by atoms with E-state index in [2.05, 4.69) is 43.9 Å². The number of rotatable bonds is 3. The van der Waals surface area contributed by atoms with Crippen LogP contribution in [0.1, 0.15) is 30.0 Å². The first-order valence-electron chi connectivity index (χ1n) is 6.51. The zero-order valence-corrected chi connectivity index (χ0v) is 11.3. The van der Waals surface area contributed by atoms with Gasteiger partial charge in [0, 0.05) is 13.1 Å². The van der Waals surface area contributed by atoms with Crippen LogP contribution in [0.15, 0.2) is 18.2 Å². The smallest absolute Gasteiger partial charge is 0.0234 e. The molecular formula is C15H24N2. The highest BCUT2D eigenvalue weighted by Gasteiger charge is 2.32. The van der Waals surface area contributed by atoms with Gasteiger partial charge in [0.25, 0.3) is 0 Å². The van der Waals surface area contributed by atoms with E-state index in [0.717, 1.165) is 19.6 Å². The summed E-state index contributed by atoms with van der Waals surface area (Å²) in [4.78, 5) is 2.52. The van der Waals surface area contributed by atoms with Crippen molar-refractivity contribution in [3.05, 3.63) is 34.9 Å². The molecule has 0 saturated carbocycles. The van der Waals surface area contributed by atoms with E-state index >= 15 is 0 Å². The standard InChI is InChI=1S/C15H24N2/c1-12-4-5-14(8-13(12)2)9-17-7-6-15(3,10-16)11-17/h4-5,8H,6-7,9-11,16H2,1-3H3. The van der Waals surface area contributed by atoms with Gasteiger partial charge in [-0.1, -0.05) is 25.1 Å². The average Bonchev–Trinajstić information content (AvgIpc) is 2.67. The molecule has 0 spiro atoms. The molecule has 0 bridgehead atoms. The van der Waals surface area contributed by atoms with E-state index in [1.54, 1.807) is 0 Å². The van der Waals surface area contributed by atoms with Gasteiger partial charge in [-0.05, 0) is 55.5 Å². The molecule has 1 atom stereocenters. The van der Waals surface area contributed by atoms with Crippen LogP contribution in [0.2, 0.25) is 0 Å². The Morgan fingerprint density at radius 2 is 2.06 bits per heavy atom. The van der Waals surface area contributed by atoms with E-state index in [1.165, 1.54) is 29.7 Å². The molecule has 2 heteroatoms. The van der Waals surface area contributed by atoms with Crippen LogP contribution in [0.4, 0.5) is 0 Å². The molecule has 94 valence electrons. The molecule has 0 amide bonds. The zero-order valence-electron chi connectivity index (χ0n) is 11.3. The monoisotopic (exact) mass is 232 g/mol. The molecule has 1 saturated heterocycles. The Bertz CT molecular complexity index is 400. The zero-order chi connectivity index (χ0) is 12.5. The molecule has 2 N–H and O–H groups in total. The highest BCUT2D eigenvalue weighted by Crippen LogP contribution is 2.29. The highest BCUT2D eigenvalue weighted by molar-refractivity contribution is 5.29. The molecule has 1 unspecified atom stereocenters. The molecule has 1 aromatic rings. The van der Waals surface area contributed by atoms with Crippen LogP contribution in [0.25, 0.3) is 0 Å². The topological polar surface area (TPSA) is 29.3 Å². The SMILES string of the molecule is Cc1ccc(CN2CCC(C)(CN)C2)cc1C. The lowest BCUT2D eigenvalue weighted by molar-refractivity contribution is 0.274. The minimum atomic E-state index is 0.333. The molecule has 0 aliphatic carbocycles. The first kappa shape index (κ1) is 12.6. The third-order valence-electron chi connectivity index (χ3n) is 4.11. The van der Waals surface area contributed by atoms with Crippen molar-refractivity contribution in [2.45, 2.75) is 33.7 Å². The van der Waals surface area contributed by atoms with E-state index in [1.807, 2.05) is 0 Å². The van der Waals surface area contributed by atoms with Crippen LogP contribution in [-0.2, 0) is 6.54 Å². The molecule has 2 rings (SSSR count). The first-order valence-corrected chi connectivity index (χ1v) is 6.51. The summed E-state index contributed by atoms with van der Waals surface area (Å²) in [5.41, 5.74) is 10.4. The molecule has 2 nitrogen and oxygen atoms in total. The Hall–Kier alpha value is -0.860. The molecule has 0 aromatic heterocycles. The van der Waals surface area contributed by atoms with Crippen LogP contribution in [0, 0.1) is 19.3 Å². The molecular weight excluding hydrogens is 208 g/mol. The second-order valence-electron chi connectivity index (χ2n) is 5.89. The molecule has 1 aromatic carbocycles. The summed E-state index contributed by atoms with van der Waals surface area (Å²) in [6.45, 7) is 10.8. The second kappa shape index (κ2) is 4.79. The summed E-state index contributed by atoms with van der Waals surface area (Å²) in [5, 5.41) is 0. The summed E-state index contributed by atoms with van der Waals surface area (Å²) in [5.74, 6) is 0. The van der Waals surface area contributed by atoms with Gasteiger partial charge in [0.2, 0.25) is 0 Å². The van der Waals surface area contributed by atoms with E-state index in [-0.39, 0.29) is 0 Å². The average molecular weight is 232 g/mol. The molecule has 1 aliphatic rings. The third-order valence-corrected chi connectivity index (χ3v) is 4.11. The van der Waals surface area contributed by atoms with Gasteiger partial charge in [-0.25, -0.2) is 0 Å². The predicted octanol–water partition coefficient (Wildman–Crippen LogP) is 2.47. The first-order chi connectivity index (χ1) is 8.02. The molecule has 1 aliphatic heterocycles. The molecule has 1 heterocycles. The van der Waals surface area contributed by atoms with Crippen LogP contribution < -0.4 is 5.73 Å². The van der Waals surface area contributed by atoms with Crippen LogP contribution >= 0.6 is 0 Å². The minimum Gasteiger partial charge on any atom is -0.330 e.